The van der Waals surface area contributed by atoms with Crippen molar-refractivity contribution in [2.24, 2.45) is 0 Å². The molecule has 1 atom stereocenters. The molecule has 7 rings (SSSR count). The van der Waals surface area contributed by atoms with E-state index in [-0.39, 0.29) is 18.2 Å². The van der Waals surface area contributed by atoms with Gasteiger partial charge in [0.05, 0.1) is 18.5 Å². The third-order valence-corrected chi connectivity index (χ3v) is 7.48. The van der Waals surface area contributed by atoms with Crippen molar-refractivity contribution in [2.45, 2.75) is 38.8 Å². The van der Waals surface area contributed by atoms with E-state index in [1.54, 1.807) is 4.68 Å². The zero-order valence-electron chi connectivity index (χ0n) is 21.1. The number of carbonyl (C=O) groups excluding carboxylic acids is 1. The van der Waals surface area contributed by atoms with Crippen LogP contribution in [-0.2, 0) is 24.3 Å². The van der Waals surface area contributed by atoms with Gasteiger partial charge in [-0.05, 0) is 71.5 Å². The third-order valence-electron chi connectivity index (χ3n) is 7.48. The first-order chi connectivity index (χ1) is 18.5. The second-order valence-corrected chi connectivity index (χ2v) is 9.93. The summed E-state index contributed by atoms with van der Waals surface area (Å²) in [6.07, 6.45) is 4.59. The van der Waals surface area contributed by atoms with Crippen molar-refractivity contribution in [1.29, 1.82) is 0 Å². The van der Waals surface area contributed by atoms with Crippen LogP contribution >= 0.6 is 0 Å². The molecule has 1 N–H and O–H groups in total. The second-order valence-electron chi connectivity index (χ2n) is 9.93. The molecule has 3 aliphatic heterocycles. The third kappa shape index (κ3) is 4.53. The summed E-state index contributed by atoms with van der Waals surface area (Å²) in [6.45, 7) is 3.93. The number of rotatable bonds is 2. The molecule has 4 aromatic rings. The minimum Gasteiger partial charge on any atom is -0.490 e. The number of hydrogen-bond donors (Lipinski definition) is 1. The number of benzene rings is 3. The monoisotopic (exact) mass is 508 g/mol. The number of aryl methyl sites for hydroxylation is 1. The lowest BCUT2D eigenvalue weighted by molar-refractivity contribution is -0.137. The highest BCUT2D eigenvalue weighted by Crippen LogP contribution is 2.33. The molecule has 0 aliphatic carbocycles. The van der Waals surface area contributed by atoms with Crippen LogP contribution in [0, 0.1) is 6.92 Å². The number of ether oxygens (including phenoxy) is 1. The predicted octanol–water partition coefficient (Wildman–Crippen LogP) is 4.49. The molecular formula is C30H28N4O4. The highest BCUT2D eigenvalue weighted by atomic mass is 16.5. The Hall–Kier alpha value is -4.46. The topological polar surface area (TPSA) is 97.5 Å². The molecule has 0 saturated carbocycles. The van der Waals surface area contributed by atoms with Crippen molar-refractivity contribution in [2.75, 3.05) is 13.2 Å². The summed E-state index contributed by atoms with van der Waals surface area (Å²) in [5, 5.41) is 18.4. The van der Waals surface area contributed by atoms with Crippen LogP contribution in [0.5, 0.6) is 5.75 Å². The maximum absolute atomic E-state index is 13.6. The van der Waals surface area contributed by atoms with Crippen molar-refractivity contribution in [3.63, 3.8) is 0 Å². The van der Waals surface area contributed by atoms with E-state index in [1.807, 2.05) is 66.4 Å². The van der Waals surface area contributed by atoms with E-state index in [4.69, 9.17) is 4.74 Å². The Morgan fingerprint density at radius 3 is 2.76 bits per heavy atom. The first kappa shape index (κ1) is 23.9. The molecule has 0 fully saturated rings. The van der Waals surface area contributed by atoms with Crippen molar-refractivity contribution >= 4 is 22.9 Å². The Morgan fingerprint density at radius 2 is 1.89 bits per heavy atom. The van der Waals surface area contributed by atoms with E-state index in [0.717, 1.165) is 39.7 Å². The summed E-state index contributed by atoms with van der Waals surface area (Å²) in [5.74, 6) is -0.598. The van der Waals surface area contributed by atoms with Gasteiger partial charge >= 0.3 is 5.97 Å². The lowest BCUT2D eigenvalue weighted by atomic mass is 9.85. The quantitative estimate of drug-likeness (QED) is 0.401. The van der Waals surface area contributed by atoms with Crippen LogP contribution in [0.25, 0.3) is 11.0 Å². The molecule has 9 bridgehead atoms. The Kier molecular flexibility index (Phi) is 6.15. The highest BCUT2D eigenvalue weighted by Gasteiger charge is 2.26. The predicted molar refractivity (Wildman–Crippen MR) is 142 cm³/mol. The summed E-state index contributed by atoms with van der Waals surface area (Å²) in [5.41, 5.74) is 7.16. The number of carboxylic acid groups (broad SMARTS) is 1. The zero-order valence-corrected chi connectivity index (χ0v) is 21.1. The molecule has 192 valence electrons. The number of fused-ring (bicyclic) bond motifs is 4. The minimum absolute atomic E-state index is 0.0268. The Bertz CT molecular complexity index is 1590. The van der Waals surface area contributed by atoms with Crippen LogP contribution in [0.4, 0.5) is 0 Å². The zero-order chi connectivity index (χ0) is 26.2. The summed E-state index contributed by atoms with van der Waals surface area (Å²) in [6, 6.07) is 17.6. The number of allylic oxidation sites excluding steroid dienone is 1. The first-order valence-corrected chi connectivity index (χ1v) is 12.8. The van der Waals surface area contributed by atoms with Gasteiger partial charge in [-0.2, -0.15) is 0 Å². The molecule has 38 heavy (non-hydrogen) atoms. The summed E-state index contributed by atoms with van der Waals surface area (Å²) in [4.78, 5) is 27.3. The van der Waals surface area contributed by atoms with Crippen molar-refractivity contribution in [1.82, 2.24) is 19.9 Å². The molecule has 1 amide bonds. The van der Waals surface area contributed by atoms with Gasteiger partial charge in [-0.3, -0.25) is 9.59 Å². The first-order valence-electron chi connectivity index (χ1n) is 12.8. The van der Waals surface area contributed by atoms with Crippen LogP contribution in [-0.4, -0.2) is 50.0 Å². The largest absolute Gasteiger partial charge is 0.490 e. The molecular weight excluding hydrogens is 480 g/mol. The van der Waals surface area contributed by atoms with Crippen molar-refractivity contribution in [3.05, 3.63) is 100 Å². The number of hydrogen-bond acceptors (Lipinski definition) is 5. The van der Waals surface area contributed by atoms with Crippen LogP contribution in [0.15, 0.2) is 66.7 Å². The molecule has 0 radical (unpaired) electrons. The fourth-order valence-electron chi connectivity index (χ4n) is 5.39. The maximum atomic E-state index is 13.6. The van der Waals surface area contributed by atoms with Crippen LogP contribution in [0.2, 0.25) is 0 Å². The number of amides is 1. The van der Waals surface area contributed by atoms with Gasteiger partial charge in [0.2, 0.25) is 0 Å². The number of aromatic nitrogens is 3. The molecule has 3 aromatic carbocycles. The Balaban J connectivity index is 1.46. The Morgan fingerprint density at radius 1 is 1.05 bits per heavy atom. The van der Waals surface area contributed by atoms with Gasteiger partial charge in [-0.1, -0.05) is 41.6 Å². The molecule has 8 heteroatoms. The standard InChI is InChI=1S/C30H28N4O4/c1-19-4-8-24-16-25(19)30(37)33-12-10-20-5-6-21(14-23(20)18-33)26(17-29(35)36)22-7-9-28-27(15-22)31-32-34(28)11-2-3-13-38-24/h2-9,14-16,26H,10-13,17-18H2,1H3,(H,35,36)/b3-2+. The maximum Gasteiger partial charge on any atom is 0.304 e. The lowest BCUT2D eigenvalue weighted by Crippen LogP contribution is -2.36. The minimum atomic E-state index is -0.870. The van der Waals surface area contributed by atoms with Crippen LogP contribution < -0.4 is 4.74 Å². The second kappa shape index (κ2) is 9.78. The summed E-state index contributed by atoms with van der Waals surface area (Å²) in [7, 11) is 0. The van der Waals surface area contributed by atoms with Crippen molar-refractivity contribution < 1.29 is 19.4 Å². The van der Waals surface area contributed by atoms with E-state index < -0.39 is 5.97 Å². The fraction of sp³-hybridized carbons (Fsp3) is 0.267. The number of nitrogens with zero attached hydrogens (tertiary/aromatic N) is 4. The number of aliphatic carboxylic acids is 1. The average molecular weight is 509 g/mol. The molecule has 0 saturated heterocycles. The fourth-order valence-corrected chi connectivity index (χ4v) is 5.39. The Labute approximate surface area is 220 Å². The summed E-state index contributed by atoms with van der Waals surface area (Å²) < 4.78 is 7.72. The van der Waals surface area contributed by atoms with Gasteiger partial charge < -0.3 is 14.7 Å². The van der Waals surface area contributed by atoms with Gasteiger partial charge in [-0.25, -0.2) is 4.68 Å². The van der Waals surface area contributed by atoms with E-state index in [9.17, 15) is 14.7 Å². The smallest absolute Gasteiger partial charge is 0.304 e. The van der Waals surface area contributed by atoms with Gasteiger partial charge in [-0.15, -0.1) is 5.10 Å². The van der Waals surface area contributed by atoms with Crippen LogP contribution in [0.3, 0.4) is 0 Å². The average Bonchev–Trinajstić information content (AvgIpc) is 3.33. The van der Waals surface area contributed by atoms with Gasteiger partial charge in [0.15, 0.2) is 0 Å². The normalized spacial score (nSPS) is 18.1. The van der Waals surface area contributed by atoms with E-state index in [0.29, 0.717) is 37.6 Å². The van der Waals surface area contributed by atoms with E-state index >= 15 is 0 Å². The molecule has 8 nitrogen and oxygen atoms in total. The van der Waals surface area contributed by atoms with Crippen molar-refractivity contribution in [3.8, 4) is 5.75 Å². The summed E-state index contributed by atoms with van der Waals surface area (Å²) >= 11 is 0. The molecule has 4 heterocycles. The van der Waals surface area contributed by atoms with E-state index in [1.165, 1.54) is 5.56 Å². The lowest BCUT2D eigenvalue weighted by Gasteiger charge is -2.30. The van der Waals surface area contributed by atoms with Crippen LogP contribution in [0.1, 0.15) is 50.5 Å². The molecule has 3 aliphatic rings. The van der Waals surface area contributed by atoms with Gasteiger partial charge in [0, 0.05) is 24.6 Å². The molecule has 1 aromatic heterocycles. The highest BCUT2D eigenvalue weighted by molar-refractivity contribution is 5.96. The SMILES string of the molecule is Cc1ccc2cc1C(=O)N1CCc3ccc(cc3C1)C(CC(=O)O)c1ccc3c(c1)nnn3C/C=C/CO2. The molecule has 0 spiro atoms. The molecule has 1 unspecified atom stereocenters. The number of carboxylic acids is 1. The van der Waals surface area contributed by atoms with Gasteiger partial charge in [0.1, 0.15) is 17.9 Å². The number of carbonyl (C=O) groups is 2. The van der Waals surface area contributed by atoms with E-state index in [2.05, 4.69) is 22.4 Å². The van der Waals surface area contributed by atoms with Gasteiger partial charge in [0.25, 0.3) is 5.91 Å².